The Bertz CT molecular complexity index is 1230. The third-order valence-electron chi connectivity index (χ3n) is 5.09. The summed E-state index contributed by atoms with van der Waals surface area (Å²) in [5.74, 6) is -2.30. The molecule has 33 heavy (non-hydrogen) atoms. The van der Waals surface area contributed by atoms with Crippen LogP contribution < -0.4 is 4.74 Å². The number of aliphatic hydroxyl groups is 2. The molecule has 0 aromatic heterocycles. The number of carboxylic acids is 1. The molecule has 2 aromatic rings. The molecule has 0 fully saturated rings. The highest BCUT2D eigenvalue weighted by atomic mass is 35.5. The van der Waals surface area contributed by atoms with Gasteiger partial charge in [-0.3, -0.25) is 4.79 Å². The highest BCUT2D eigenvalue weighted by Crippen LogP contribution is 2.40. The number of halogens is 2. The van der Waals surface area contributed by atoms with Crippen LogP contribution in [0.3, 0.4) is 0 Å². The molecule has 3 rings (SSSR count). The van der Waals surface area contributed by atoms with Gasteiger partial charge in [0.2, 0.25) is 0 Å². The molecule has 0 spiro atoms. The third kappa shape index (κ3) is 4.67. The Morgan fingerprint density at radius 3 is 2.45 bits per heavy atom. The van der Waals surface area contributed by atoms with Crippen molar-refractivity contribution >= 4 is 45.1 Å². The molecule has 2 aromatic carbocycles. The number of fused-ring (bicyclic) bond motifs is 1. The van der Waals surface area contributed by atoms with Gasteiger partial charge in [-0.05, 0) is 29.2 Å². The molecule has 0 saturated carbocycles. The van der Waals surface area contributed by atoms with E-state index in [1.807, 2.05) is 0 Å². The topological polar surface area (TPSA) is 141 Å². The predicted molar refractivity (Wildman–Crippen MR) is 120 cm³/mol. The van der Waals surface area contributed by atoms with E-state index in [2.05, 4.69) is 0 Å². The Labute approximate surface area is 200 Å². The zero-order chi connectivity index (χ0) is 24.7. The fourth-order valence-corrected chi connectivity index (χ4v) is 5.58. The first-order valence-electron chi connectivity index (χ1n) is 9.77. The molecule has 12 heteroatoms. The standard InChI is InChI=1S/C21H21Cl2NO8S/c1-10(2)14-5-13(32-9-12(26)8-25)6-16-17(14)20(27)24(33(16,30)31)7-11-3-4-15(22)18(19(11)23)21(28)29/h3-6,10,12,25-26H,7-9H2,1-2H3,(H,28,29). The van der Waals surface area contributed by atoms with Crippen LogP contribution in [0.15, 0.2) is 29.2 Å². The van der Waals surface area contributed by atoms with Crippen molar-refractivity contribution in [3.8, 4) is 5.75 Å². The summed E-state index contributed by atoms with van der Waals surface area (Å²) < 4.78 is 32.6. The minimum atomic E-state index is -4.32. The number of aromatic carboxylic acids is 1. The van der Waals surface area contributed by atoms with Crippen molar-refractivity contribution in [1.29, 1.82) is 0 Å². The van der Waals surface area contributed by atoms with Gasteiger partial charge in [0, 0.05) is 6.07 Å². The minimum absolute atomic E-state index is 0.0106. The Hall–Kier alpha value is -2.37. The lowest BCUT2D eigenvalue weighted by molar-refractivity contribution is 0.0535. The number of rotatable bonds is 8. The molecule has 1 unspecified atom stereocenters. The average molecular weight is 518 g/mol. The van der Waals surface area contributed by atoms with Crippen molar-refractivity contribution in [2.24, 2.45) is 0 Å². The van der Waals surface area contributed by atoms with E-state index < -0.39 is 46.7 Å². The maximum absolute atomic E-state index is 13.3. The lowest BCUT2D eigenvalue weighted by atomic mass is 9.96. The number of nitrogens with zero attached hydrogens (tertiary/aromatic N) is 1. The minimum Gasteiger partial charge on any atom is -0.491 e. The third-order valence-corrected chi connectivity index (χ3v) is 7.59. The summed E-state index contributed by atoms with van der Waals surface area (Å²) in [5.41, 5.74) is 0.115. The quantitative estimate of drug-likeness (QED) is 0.485. The molecule has 178 valence electrons. The van der Waals surface area contributed by atoms with Crippen LogP contribution in [0.1, 0.15) is 51.6 Å². The summed E-state index contributed by atoms with van der Waals surface area (Å²) in [4.78, 5) is 24.4. The number of carboxylic acid groups (broad SMARTS) is 1. The summed E-state index contributed by atoms with van der Waals surface area (Å²) in [6.45, 7) is 2.25. The van der Waals surface area contributed by atoms with Crippen LogP contribution in [-0.4, -0.2) is 59.2 Å². The first kappa shape index (κ1) is 25.3. The summed E-state index contributed by atoms with van der Waals surface area (Å²) >= 11 is 12.1. The van der Waals surface area contributed by atoms with Gasteiger partial charge in [0.05, 0.1) is 34.3 Å². The Balaban J connectivity index is 2.07. The van der Waals surface area contributed by atoms with Gasteiger partial charge in [0.15, 0.2) is 0 Å². The zero-order valence-corrected chi connectivity index (χ0v) is 19.9. The Morgan fingerprint density at radius 1 is 1.21 bits per heavy atom. The van der Waals surface area contributed by atoms with E-state index in [0.29, 0.717) is 9.87 Å². The van der Waals surface area contributed by atoms with E-state index in [9.17, 15) is 28.2 Å². The Morgan fingerprint density at radius 2 is 1.88 bits per heavy atom. The molecular formula is C21H21Cl2NO8S. The number of hydrogen-bond donors (Lipinski definition) is 3. The summed E-state index contributed by atoms with van der Waals surface area (Å²) in [7, 11) is -4.32. The van der Waals surface area contributed by atoms with Crippen LogP contribution in [0.25, 0.3) is 0 Å². The monoisotopic (exact) mass is 517 g/mol. The maximum atomic E-state index is 13.3. The van der Waals surface area contributed by atoms with Crippen molar-refractivity contribution < 1.29 is 38.1 Å². The second-order valence-corrected chi connectivity index (χ2v) is 10.3. The second-order valence-electron chi connectivity index (χ2n) is 7.71. The van der Waals surface area contributed by atoms with Crippen molar-refractivity contribution in [1.82, 2.24) is 4.31 Å². The molecule has 1 aliphatic heterocycles. The molecule has 9 nitrogen and oxygen atoms in total. The van der Waals surface area contributed by atoms with Crippen LogP contribution in [0.4, 0.5) is 0 Å². The number of carbonyl (C=O) groups is 2. The fourth-order valence-electron chi connectivity index (χ4n) is 3.40. The summed E-state index contributed by atoms with van der Waals surface area (Å²) in [6, 6.07) is 5.33. The molecule has 1 amide bonds. The van der Waals surface area contributed by atoms with Gasteiger partial charge in [-0.25, -0.2) is 17.5 Å². The number of carbonyl (C=O) groups excluding carboxylic acids is 1. The molecule has 1 aliphatic rings. The molecule has 3 N–H and O–H groups in total. The van der Waals surface area contributed by atoms with Crippen LogP contribution in [0, 0.1) is 0 Å². The van der Waals surface area contributed by atoms with E-state index in [1.165, 1.54) is 24.3 Å². The second kappa shape index (κ2) is 9.47. The fraction of sp³-hybridized carbons (Fsp3) is 0.333. The first-order chi connectivity index (χ1) is 15.4. The molecule has 1 atom stereocenters. The highest BCUT2D eigenvalue weighted by molar-refractivity contribution is 7.90. The predicted octanol–water partition coefficient (Wildman–Crippen LogP) is 2.89. The van der Waals surface area contributed by atoms with Gasteiger partial charge >= 0.3 is 5.97 Å². The largest absolute Gasteiger partial charge is 0.491 e. The zero-order valence-electron chi connectivity index (χ0n) is 17.6. The summed E-state index contributed by atoms with van der Waals surface area (Å²) in [5, 5.41) is 27.5. The molecule has 0 bridgehead atoms. The van der Waals surface area contributed by atoms with Crippen LogP contribution in [0.2, 0.25) is 10.0 Å². The van der Waals surface area contributed by atoms with Gasteiger partial charge in [0.1, 0.15) is 23.4 Å². The van der Waals surface area contributed by atoms with E-state index in [1.54, 1.807) is 13.8 Å². The van der Waals surface area contributed by atoms with Crippen molar-refractivity contribution in [3.63, 3.8) is 0 Å². The molecule has 1 heterocycles. The number of aliphatic hydroxyl groups excluding tert-OH is 2. The maximum Gasteiger partial charge on any atom is 0.338 e. The Kier molecular flexibility index (Phi) is 7.25. The van der Waals surface area contributed by atoms with Crippen molar-refractivity contribution in [2.75, 3.05) is 13.2 Å². The van der Waals surface area contributed by atoms with Crippen molar-refractivity contribution in [3.05, 3.63) is 56.6 Å². The molecule has 0 saturated heterocycles. The van der Waals surface area contributed by atoms with Crippen LogP contribution >= 0.6 is 23.2 Å². The van der Waals surface area contributed by atoms with Gasteiger partial charge < -0.3 is 20.1 Å². The number of ether oxygens (including phenoxy) is 1. The van der Waals surface area contributed by atoms with Gasteiger partial charge in [0.25, 0.3) is 15.9 Å². The van der Waals surface area contributed by atoms with Gasteiger partial charge in [-0.15, -0.1) is 0 Å². The molecular weight excluding hydrogens is 497 g/mol. The number of amides is 1. The number of benzene rings is 2. The SMILES string of the molecule is CC(C)c1cc(OCC(O)CO)cc2c1C(=O)N(Cc1ccc(Cl)c(C(=O)O)c1Cl)S2(=O)=O. The van der Waals surface area contributed by atoms with Crippen LogP contribution in [0.5, 0.6) is 5.75 Å². The van der Waals surface area contributed by atoms with Gasteiger partial charge in [-0.2, -0.15) is 0 Å². The van der Waals surface area contributed by atoms with E-state index in [0.717, 1.165) is 0 Å². The normalized spacial score (nSPS) is 15.6. The van der Waals surface area contributed by atoms with Crippen molar-refractivity contribution in [2.45, 2.75) is 37.3 Å². The highest BCUT2D eigenvalue weighted by Gasteiger charge is 2.44. The number of hydrogen-bond acceptors (Lipinski definition) is 7. The number of sulfonamides is 1. The smallest absolute Gasteiger partial charge is 0.338 e. The summed E-state index contributed by atoms with van der Waals surface area (Å²) in [6.07, 6.45) is -1.16. The lowest BCUT2D eigenvalue weighted by Gasteiger charge is -2.17. The van der Waals surface area contributed by atoms with Crippen LogP contribution in [-0.2, 0) is 16.6 Å². The van der Waals surface area contributed by atoms with Gasteiger partial charge in [-0.1, -0.05) is 43.1 Å². The van der Waals surface area contributed by atoms with E-state index in [-0.39, 0.29) is 44.3 Å². The molecule has 0 aliphatic carbocycles. The van der Waals surface area contributed by atoms with E-state index in [4.69, 9.17) is 33.0 Å². The van der Waals surface area contributed by atoms with E-state index >= 15 is 0 Å². The lowest BCUT2D eigenvalue weighted by Crippen LogP contribution is -2.30. The first-order valence-corrected chi connectivity index (χ1v) is 12.0. The average Bonchev–Trinajstić information content (AvgIpc) is 2.93. The molecule has 0 radical (unpaired) electrons.